The Bertz CT molecular complexity index is 747. The van der Waals surface area contributed by atoms with E-state index in [4.69, 9.17) is 23.2 Å². The average molecular weight is 351 g/mol. The minimum absolute atomic E-state index is 0.0625. The second kappa shape index (κ2) is 7.49. The smallest absolute Gasteiger partial charge is 0.254 e. The summed E-state index contributed by atoms with van der Waals surface area (Å²) in [4.78, 5) is 25.7. The molecule has 0 aliphatic rings. The van der Waals surface area contributed by atoms with Crippen LogP contribution in [-0.2, 0) is 4.79 Å². The zero-order valence-electron chi connectivity index (χ0n) is 12.8. The van der Waals surface area contributed by atoms with Crippen molar-refractivity contribution >= 4 is 40.7 Å². The Balaban J connectivity index is 1.99. The van der Waals surface area contributed by atoms with Crippen molar-refractivity contribution < 1.29 is 9.59 Å². The van der Waals surface area contributed by atoms with E-state index in [2.05, 4.69) is 5.32 Å². The Morgan fingerprint density at radius 2 is 1.83 bits per heavy atom. The number of nitrogens with one attached hydrogen (secondary N) is 1. The molecule has 4 nitrogen and oxygen atoms in total. The zero-order chi connectivity index (χ0) is 17.0. The van der Waals surface area contributed by atoms with E-state index in [0.717, 1.165) is 5.56 Å². The molecule has 0 spiro atoms. The summed E-state index contributed by atoms with van der Waals surface area (Å²) in [6.07, 6.45) is 0. The Kier molecular flexibility index (Phi) is 5.64. The topological polar surface area (TPSA) is 49.4 Å². The van der Waals surface area contributed by atoms with Gasteiger partial charge in [0.1, 0.15) is 0 Å². The molecule has 2 amide bonds. The third kappa shape index (κ3) is 4.71. The number of carbonyl (C=O) groups is 2. The van der Waals surface area contributed by atoms with Gasteiger partial charge in [0, 0.05) is 18.3 Å². The summed E-state index contributed by atoms with van der Waals surface area (Å²) in [5.41, 5.74) is 2.07. The van der Waals surface area contributed by atoms with Crippen LogP contribution in [0.1, 0.15) is 15.9 Å². The van der Waals surface area contributed by atoms with E-state index in [1.807, 2.05) is 19.1 Å². The molecule has 0 saturated carbocycles. The number of hydrogen-bond donors (Lipinski definition) is 1. The number of anilines is 1. The molecule has 23 heavy (non-hydrogen) atoms. The van der Waals surface area contributed by atoms with E-state index in [0.29, 0.717) is 21.3 Å². The molecular weight excluding hydrogens is 335 g/mol. The lowest BCUT2D eigenvalue weighted by atomic mass is 10.1. The van der Waals surface area contributed by atoms with Crippen molar-refractivity contribution in [1.29, 1.82) is 0 Å². The van der Waals surface area contributed by atoms with Gasteiger partial charge in [-0.1, -0.05) is 40.9 Å². The number of hydrogen-bond acceptors (Lipinski definition) is 2. The average Bonchev–Trinajstić information content (AvgIpc) is 2.50. The van der Waals surface area contributed by atoms with Crippen molar-refractivity contribution in [3.05, 3.63) is 63.6 Å². The lowest BCUT2D eigenvalue weighted by Crippen LogP contribution is -2.34. The van der Waals surface area contributed by atoms with E-state index in [9.17, 15) is 9.59 Å². The van der Waals surface area contributed by atoms with Crippen LogP contribution in [0.5, 0.6) is 0 Å². The highest BCUT2D eigenvalue weighted by Crippen LogP contribution is 2.24. The second-order valence-electron chi connectivity index (χ2n) is 5.21. The molecule has 0 heterocycles. The molecule has 2 rings (SSSR count). The maximum absolute atomic E-state index is 12.3. The normalized spacial score (nSPS) is 10.3. The fourth-order valence-corrected chi connectivity index (χ4v) is 2.36. The summed E-state index contributed by atoms with van der Waals surface area (Å²) in [5.74, 6) is -0.523. The van der Waals surface area contributed by atoms with Crippen molar-refractivity contribution in [2.75, 3.05) is 18.9 Å². The lowest BCUT2D eigenvalue weighted by molar-refractivity contribution is -0.116. The zero-order valence-corrected chi connectivity index (χ0v) is 14.3. The number of nitrogens with zero attached hydrogens (tertiary/aromatic N) is 1. The van der Waals surface area contributed by atoms with Gasteiger partial charge in [0.05, 0.1) is 16.6 Å². The highest BCUT2D eigenvalue weighted by molar-refractivity contribution is 6.42. The molecule has 0 fully saturated rings. The van der Waals surface area contributed by atoms with Crippen LogP contribution < -0.4 is 5.32 Å². The van der Waals surface area contributed by atoms with Gasteiger partial charge in [-0.3, -0.25) is 9.59 Å². The fourth-order valence-electron chi connectivity index (χ4n) is 2.06. The Hall–Kier alpha value is -2.04. The fraction of sp³-hybridized carbons (Fsp3) is 0.176. The molecule has 0 saturated heterocycles. The summed E-state index contributed by atoms with van der Waals surface area (Å²) in [6.45, 7) is 1.85. The summed E-state index contributed by atoms with van der Waals surface area (Å²) in [7, 11) is 1.58. The Morgan fingerprint density at radius 1 is 1.09 bits per heavy atom. The number of amides is 2. The minimum Gasteiger partial charge on any atom is -0.332 e. The number of likely N-dealkylation sites (N-methyl/N-ethyl adjacent to an activating group) is 1. The van der Waals surface area contributed by atoms with Crippen molar-refractivity contribution in [3.8, 4) is 0 Å². The maximum Gasteiger partial charge on any atom is 0.254 e. The third-order valence-electron chi connectivity index (χ3n) is 3.20. The number of rotatable bonds is 4. The SMILES string of the molecule is Cc1cccc(C(=O)N(C)CC(=O)Nc2ccc(Cl)c(Cl)c2)c1. The Labute approximate surface area is 145 Å². The first-order chi connectivity index (χ1) is 10.9. The molecule has 1 N–H and O–H groups in total. The van der Waals surface area contributed by atoms with Crippen LogP contribution in [0.15, 0.2) is 42.5 Å². The summed E-state index contributed by atoms with van der Waals surface area (Å²) < 4.78 is 0. The van der Waals surface area contributed by atoms with Gasteiger partial charge in [-0.05, 0) is 37.3 Å². The van der Waals surface area contributed by atoms with Gasteiger partial charge in [0.15, 0.2) is 0 Å². The van der Waals surface area contributed by atoms with Gasteiger partial charge in [0.2, 0.25) is 5.91 Å². The van der Waals surface area contributed by atoms with E-state index < -0.39 is 0 Å². The van der Waals surface area contributed by atoms with E-state index in [1.54, 1.807) is 37.4 Å². The molecule has 6 heteroatoms. The molecule has 0 unspecified atom stereocenters. The summed E-state index contributed by atoms with van der Waals surface area (Å²) in [6, 6.07) is 12.0. The standard InChI is InChI=1S/C17H16Cl2N2O2/c1-11-4-3-5-12(8-11)17(23)21(2)10-16(22)20-13-6-7-14(18)15(19)9-13/h3-9H,10H2,1-2H3,(H,20,22). The van der Waals surface area contributed by atoms with Crippen LogP contribution in [0, 0.1) is 6.92 Å². The number of carbonyl (C=O) groups excluding carboxylic acids is 2. The molecule has 0 bridgehead atoms. The van der Waals surface area contributed by atoms with E-state index in [1.165, 1.54) is 4.90 Å². The largest absolute Gasteiger partial charge is 0.332 e. The summed E-state index contributed by atoms with van der Waals surface area (Å²) >= 11 is 11.7. The van der Waals surface area contributed by atoms with Crippen molar-refractivity contribution in [1.82, 2.24) is 4.90 Å². The minimum atomic E-state index is -0.313. The predicted molar refractivity (Wildman–Crippen MR) is 93.2 cm³/mol. The molecule has 2 aromatic rings. The molecular formula is C17H16Cl2N2O2. The van der Waals surface area contributed by atoms with E-state index >= 15 is 0 Å². The molecule has 0 radical (unpaired) electrons. The third-order valence-corrected chi connectivity index (χ3v) is 3.93. The van der Waals surface area contributed by atoms with Crippen LogP contribution in [-0.4, -0.2) is 30.3 Å². The number of halogens is 2. The highest BCUT2D eigenvalue weighted by Gasteiger charge is 2.15. The van der Waals surface area contributed by atoms with Crippen LogP contribution in [0.3, 0.4) is 0 Å². The highest BCUT2D eigenvalue weighted by atomic mass is 35.5. The first-order valence-corrected chi connectivity index (χ1v) is 7.69. The first-order valence-electron chi connectivity index (χ1n) is 6.94. The predicted octanol–water partition coefficient (Wildman–Crippen LogP) is 4.01. The molecule has 120 valence electrons. The molecule has 0 aliphatic heterocycles. The maximum atomic E-state index is 12.3. The van der Waals surface area contributed by atoms with Crippen LogP contribution in [0.4, 0.5) is 5.69 Å². The molecule has 0 aliphatic carbocycles. The van der Waals surface area contributed by atoms with Gasteiger partial charge >= 0.3 is 0 Å². The van der Waals surface area contributed by atoms with Gasteiger partial charge in [-0.15, -0.1) is 0 Å². The summed E-state index contributed by atoms with van der Waals surface area (Å²) in [5, 5.41) is 3.45. The molecule has 0 aromatic heterocycles. The monoisotopic (exact) mass is 350 g/mol. The van der Waals surface area contributed by atoms with Crippen molar-refractivity contribution in [2.24, 2.45) is 0 Å². The number of benzene rings is 2. The quantitative estimate of drug-likeness (QED) is 0.905. The Morgan fingerprint density at radius 3 is 2.48 bits per heavy atom. The second-order valence-corrected chi connectivity index (χ2v) is 6.02. The van der Waals surface area contributed by atoms with Crippen molar-refractivity contribution in [2.45, 2.75) is 6.92 Å². The van der Waals surface area contributed by atoms with Crippen molar-refractivity contribution in [3.63, 3.8) is 0 Å². The van der Waals surface area contributed by atoms with Gasteiger partial charge in [-0.2, -0.15) is 0 Å². The number of aryl methyl sites for hydroxylation is 1. The first kappa shape index (κ1) is 17.3. The molecule has 2 aromatic carbocycles. The van der Waals surface area contributed by atoms with Gasteiger partial charge < -0.3 is 10.2 Å². The lowest BCUT2D eigenvalue weighted by Gasteiger charge is -2.17. The van der Waals surface area contributed by atoms with E-state index in [-0.39, 0.29) is 18.4 Å². The molecule has 0 atom stereocenters. The van der Waals surface area contributed by atoms with Crippen LogP contribution in [0.2, 0.25) is 10.0 Å². The van der Waals surface area contributed by atoms with Crippen LogP contribution in [0.25, 0.3) is 0 Å². The van der Waals surface area contributed by atoms with Gasteiger partial charge in [0.25, 0.3) is 5.91 Å². The van der Waals surface area contributed by atoms with Crippen LogP contribution >= 0.6 is 23.2 Å². The van der Waals surface area contributed by atoms with Gasteiger partial charge in [-0.25, -0.2) is 0 Å².